The largest absolute Gasteiger partial charge is 0.321 e. The second-order valence-electron chi connectivity index (χ2n) is 7.32. The highest BCUT2D eigenvalue weighted by molar-refractivity contribution is 7.08. The first kappa shape index (κ1) is 19.1. The third-order valence-corrected chi connectivity index (χ3v) is 5.28. The van der Waals surface area contributed by atoms with Gasteiger partial charge in [-0.15, -0.1) is 0 Å². The van der Waals surface area contributed by atoms with E-state index in [2.05, 4.69) is 15.8 Å². The van der Waals surface area contributed by atoms with Crippen molar-refractivity contribution < 1.29 is 4.79 Å². The highest BCUT2D eigenvalue weighted by Crippen LogP contribution is 2.25. The Balaban J connectivity index is 1.73. The van der Waals surface area contributed by atoms with Gasteiger partial charge in [-0.05, 0) is 52.1 Å². The molecule has 0 radical (unpaired) electrons. The lowest BCUT2D eigenvalue weighted by Crippen LogP contribution is -2.29. The van der Waals surface area contributed by atoms with E-state index in [9.17, 15) is 9.59 Å². The summed E-state index contributed by atoms with van der Waals surface area (Å²) in [6.07, 6.45) is 0. The second-order valence-corrected chi connectivity index (χ2v) is 8.10. The number of carbonyl (C=O) groups is 1. The summed E-state index contributed by atoms with van der Waals surface area (Å²) in [6, 6.07) is 16.9. The third-order valence-electron chi connectivity index (χ3n) is 4.60. The van der Waals surface area contributed by atoms with Crippen LogP contribution in [0.15, 0.2) is 70.2 Å². The Morgan fingerprint density at radius 1 is 1.07 bits per heavy atom. The summed E-state index contributed by atoms with van der Waals surface area (Å²) in [5.41, 5.74) is 2.91. The van der Waals surface area contributed by atoms with Crippen LogP contribution in [0, 0.1) is 5.92 Å². The van der Waals surface area contributed by atoms with Crippen LogP contribution < -0.4 is 10.9 Å². The molecule has 2 heterocycles. The van der Waals surface area contributed by atoms with E-state index >= 15 is 0 Å². The number of amides is 1. The Kier molecular flexibility index (Phi) is 5.27. The van der Waals surface area contributed by atoms with E-state index in [4.69, 9.17) is 0 Å². The third kappa shape index (κ3) is 3.98. The van der Waals surface area contributed by atoms with Crippen LogP contribution >= 0.6 is 11.3 Å². The summed E-state index contributed by atoms with van der Waals surface area (Å²) in [5.74, 6) is -0.0965. The van der Waals surface area contributed by atoms with Crippen molar-refractivity contribution in [1.82, 2.24) is 9.78 Å². The average molecular weight is 404 g/mol. The molecule has 0 aliphatic rings. The molecule has 0 saturated heterocycles. The monoisotopic (exact) mass is 403 g/mol. The van der Waals surface area contributed by atoms with E-state index in [-0.39, 0.29) is 23.1 Å². The number of benzene rings is 2. The number of hydrogen-bond donors (Lipinski definition) is 1. The molecule has 0 aliphatic carbocycles. The highest BCUT2D eigenvalue weighted by atomic mass is 32.1. The van der Waals surface area contributed by atoms with Crippen LogP contribution in [0.4, 0.5) is 5.69 Å². The first-order valence-electron chi connectivity index (χ1n) is 9.47. The Bertz CT molecular complexity index is 1230. The van der Waals surface area contributed by atoms with Crippen molar-refractivity contribution in [2.75, 3.05) is 5.32 Å². The van der Waals surface area contributed by atoms with Crippen molar-refractivity contribution in [1.29, 1.82) is 0 Å². The van der Waals surface area contributed by atoms with E-state index < -0.39 is 0 Å². The second kappa shape index (κ2) is 8.01. The molecule has 0 spiro atoms. The van der Waals surface area contributed by atoms with Crippen molar-refractivity contribution in [2.24, 2.45) is 5.92 Å². The number of thiophene rings is 1. The summed E-state index contributed by atoms with van der Waals surface area (Å²) in [4.78, 5) is 25.8. The molecule has 5 nitrogen and oxygen atoms in total. The minimum Gasteiger partial charge on any atom is -0.321 e. The first-order valence-corrected chi connectivity index (χ1v) is 10.4. The van der Waals surface area contributed by atoms with Gasteiger partial charge in [-0.25, -0.2) is 4.68 Å². The van der Waals surface area contributed by atoms with Gasteiger partial charge in [-0.1, -0.05) is 44.2 Å². The molecular formula is C23H21N3O2S. The molecule has 146 valence electrons. The average Bonchev–Trinajstić information content (AvgIpc) is 3.25. The van der Waals surface area contributed by atoms with Gasteiger partial charge in [0.2, 0.25) is 0 Å². The maximum atomic E-state index is 13.1. The maximum absolute atomic E-state index is 13.1. The lowest BCUT2D eigenvalue weighted by molar-refractivity contribution is 0.102. The van der Waals surface area contributed by atoms with Crippen molar-refractivity contribution in [2.45, 2.75) is 20.4 Å². The Morgan fingerprint density at radius 3 is 2.59 bits per heavy atom. The van der Waals surface area contributed by atoms with Crippen molar-refractivity contribution in [3.63, 3.8) is 0 Å². The molecule has 6 heteroatoms. The molecular weight excluding hydrogens is 382 g/mol. The van der Waals surface area contributed by atoms with Gasteiger partial charge in [-0.2, -0.15) is 16.4 Å². The Labute approximate surface area is 172 Å². The number of carbonyl (C=O) groups excluding carboxylic acids is 1. The highest BCUT2D eigenvalue weighted by Gasteiger charge is 2.17. The van der Waals surface area contributed by atoms with Crippen LogP contribution in [-0.2, 0) is 6.54 Å². The smallest absolute Gasteiger partial charge is 0.276 e. The van der Waals surface area contributed by atoms with Crippen LogP contribution in [0.25, 0.3) is 21.9 Å². The maximum Gasteiger partial charge on any atom is 0.276 e. The molecule has 2 aromatic heterocycles. The number of aromatic nitrogens is 2. The number of fused-ring (bicyclic) bond motifs is 1. The van der Waals surface area contributed by atoms with Crippen molar-refractivity contribution in [3.8, 4) is 11.1 Å². The molecule has 29 heavy (non-hydrogen) atoms. The number of hydrogen-bond acceptors (Lipinski definition) is 4. The van der Waals surface area contributed by atoms with Crippen LogP contribution in [0.2, 0.25) is 0 Å². The SMILES string of the molecule is CC(C)Cn1nc(C(=O)Nc2cccc(-c3ccsc3)c2)c2ccccc2c1=O. The zero-order valence-corrected chi connectivity index (χ0v) is 17.1. The summed E-state index contributed by atoms with van der Waals surface area (Å²) < 4.78 is 1.39. The van der Waals surface area contributed by atoms with Crippen LogP contribution in [0.1, 0.15) is 24.3 Å². The van der Waals surface area contributed by atoms with Gasteiger partial charge >= 0.3 is 0 Å². The van der Waals surface area contributed by atoms with Crippen molar-refractivity contribution in [3.05, 3.63) is 81.4 Å². The fourth-order valence-electron chi connectivity index (χ4n) is 3.27. The molecule has 4 rings (SSSR count). The fraction of sp³-hybridized carbons (Fsp3) is 0.174. The van der Waals surface area contributed by atoms with E-state index in [1.165, 1.54) is 4.68 Å². The molecule has 2 aromatic carbocycles. The zero-order chi connectivity index (χ0) is 20.4. The topological polar surface area (TPSA) is 64.0 Å². The standard InChI is InChI=1S/C23H21N3O2S/c1-15(2)13-26-23(28)20-9-4-3-8-19(20)21(25-26)22(27)24-18-7-5-6-16(12-18)17-10-11-29-14-17/h3-12,14-15H,13H2,1-2H3,(H,24,27). The van der Waals surface area contributed by atoms with Crippen molar-refractivity contribution >= 4 is 33.7 Å². The van der Waals surface area contributed by atoms with E-state index in [0.29, 0.717) is 23.0 Å². The number of rotatable bonds is 5. The molecule has 1 amide bonds. The Morgan fingerprint density at radius 2 is 1.86 bits per heavy atom. The summed E-state index contributed by atoms with van der Waals surface area (Å²) in [6.45, 7) is 4.48. The van der Waals surface area contributed by atoms with Gasteiger partial charge in [0.05, 0.1) is 5.39 Å². The van der Waals surface area contributed by atoms with Crippen LogP contribution in [0.5, 0.6) is 0 Å². The number of nitrogens with one attached hydrogen (secondary N) is 1. The summed E-state index contributed by atoms with van der Waals surface area (Å²) in [7, 11) is 0. The van der Waals surface area contributed by atoms with Gasteiger partial charge in [0.25, 0.3) is 11.5 Å². The van der Waals surface area contributed by atoms with Gasteiger partial charge in [-0.3, -0.25) is 9.59 Å². The number of anilines is 1. The minimum absolute atomic E-state index is 0.176. The van der Waals surface area contributed by atoms with Crippen LogP contribution in [0.3, 0.4) is 0 Å². The normalized spacial score (nSPS) is 11.1. The quantitative estimate of drug-likeness (QED) is 0.508. The summed E-state index contributed by atoms with van der Waals surface area (Å²) >= 11 is 1.63. The molecule has 0 atom stereocenters. The van der Waals surface area contributed by atoms with Gasteiger partial charge in [0.1, 0.15) is 0 Å². The minimum atomic E-state index is -0.332. The lowest BCUT2D eigenvalue weighted by Gasteiger charge is -2.13. The molecule has 1 N–H and O–H groups in total. The van der Waals surface area contributed by atoms with Gasteiger partial charge in [0, 0.05) is 17.6 Å². The zero-order valence-electron chi connectivity index (χ0n) is 16.3. The summed E-state index contributed by atoms with van der Waals surface area (Å²) in [5, 5.41) is 12.5. The molecule has 0 unspecified atom stereocenters. The van der Waals surface area contributed by atoms with E-state index in [1.807, 2.05) is 55.6 Å². The molecule has 0 aliphatic heterocycles. The fourth-order valence-corrected chi connectivity index (χ4v) is 3.93. The number of nitrogens with zero attached hydrogens (tertiary/aromatic N) is 2. The van der Waals surface area contributed by atoms with E-state index in [0.717, 1.165) is 11.1 Å². The predicted molar refractivity (Wildman–Crippen MR) is 119 cm³/mol. The molecule has 0 saturated carbocycles. The first-order chi connectivity index (χ1) is 14.0. The molecule has 4 aromatic rings. The van der Waals surface area contributed by atoms with Gasteiger partial charge in [0.15, 0.2) is 5.69 Å². The lowest BCUT2D eigenvalue weighted by atomic mass is 10.1. The molecule has 0 fully saturated rings. The van der Waals surface area contributed by atoms with E-state index in [1.54, 1.807) is 29.5 Å². The Hall–Kier alpha value is -3.25. The predicted octanol–water partition coefficient (Wildman–Crippen LogP) is 5.03. The van der Waals surface area contributed by atoms with Crippen LogP contribution in [-0.4, -0.2) is 15.7 Å². The van der Waals surface area contributed by atoms with Gasteiger partial charge < -0.3 is 5.32 Å². The molecule has 0 bridgehead atoms.